The van der Waals surface area contributed by atoms with Gasteiger partial charge in [-0.1, -0.05) is 6.92 Å². The number of carbonyl (C=O) groups excluding carboxylic acids is 1. The zero-order chi connectivity index (χ0) is 14.3. The smallest absolute Gasteiger partial charge is 0.399 e. The van der Waals surface area contributed by atoms with Gasteiger partial charge in [-0.15, -0.1) is 0 Å². The van der Waals surface area contributed by atoms with Crippen molar-refractivity contribution in [2.45, 2.75) is 58.8 Å². The second-order valence-corrected chi connectivity index (χ2v) is 5.95. The summed E-state index contributed by atoms with van der Waals surface area (Å²) in [6.07, 6.45) is 4.03. The average Bonchev–Trinajstić information content (AvgIpc) is 2.82. The molecule has 19 heavy (non-hydrogen) atoms. The van der Waals surface area contributed by atoms with Crippen molar-refractivity contribution in [2.24, 2.45) is 0 Å². The molecule has 5 nitrogen and oxygen atoms in total. The Bertz CT molecular complexity index is 466. The van der Waals surface area contributed by atoms with Gasteiger partial charge in [0.1, 0.15) is 0 Å². The molecule has 0 amide bonds. The van der Waals surface area contributed by atoms with Crippen LogP contribution in [0.3, 0.4) is 0 Å². The zero-order valence-electron chi connectivity index (χ0n) is 12.3. The number of hydrogen-bond acceptors (Lipinski definition) is 4. The first-order chi connectivity index (χ1) is 8.75. The molecule has 104 valence electrons. The van der Waals surface area contributed by atoms with Crippen molar-refractivity contribution in [1.82, 2.24) is 9.78 Å². The van der Waals surface area contributed by atoms with Gasteiger partial charge in [0.25, 0.3) is 0 Å². The Morgan fingerprint density at radius 1 is 1.32 bits per heavy atom. The highest BCUT2D eigenvalue weighted by Gasteiger charge is 2.52. The van der Waals surface area contributed by atoms with Crippen LogP contribution in [0.1, 0.15) is 41.0 Å². The van der Waals surface area contributed by atoms with Crippen LogP contribution in [0.15, 0.2) is 12.4 Å². The van der Waals surface area contributed by atoms with Gasteiger partial charge in [-0.3, -0.25) is 9.48 Å². The highest BCUT2D eigenvalue weighted by Crippen LogP contribution is 2.36. The highest BCUT2D eigenvalue weighted by molar-refractivity contribution is 6.62. The Kier molecular flexibility index (Phi) is 3.58. The maximum Gasteiger partial charge on any atom is 0.498 e. The van der Waals surface area contributed by atoms with Gasteiger partial charge in [-0.2, -0.15) is 5.10 Å². The molecule has 0 spiro atoms. The fourth-order valence-electron chi connectivity index (χ4n) is 1.86. The highest BCUT2D eigenvalue weighted by atomic mass is 16.7. The van der Waals surface area contributed by atoms with Crippen molar-refractivity contribution in [3.05, 3.63) is 12.4 Å². The van der Waals surface area contributed by atoms with Crippen molar-refractivity contribution in [2.75, 3.05) is 0 Å². The Morgan fingerprint density at radius 3 is 2.42 bits per heavy atom. The fourth-order valence-corrected chi connectivity index (χ4v) is 1.86. The number of aromatic nitrogens is 2. The van der Waals surface area contributed by atoms with E-state index in [1.54, 1.807) is 10.9 Å². The summed E-state index contributed by atoms with van der Waals surface area (Å²) < 4.78 is 13.5. The molecule has 0 bridgehead atoms. The maximum atomic E-state index is 11.4. The van der Waals surface area contributed by atoms with Crippen molar-refractivity contribution in [3.8, 4) is 0 Å². The van der Waals surface area contributed by atoms with E-state index in [2.05, 4.69) is 5.10 Å². The predicted molar refractivity (Wildman–Crippen MR) is 73.2 cm³/mol. The van der Waals surface area contributed by atoms with Crippen molar-refractivity contribution in [3.63, 3.8) is 0 Å². The minimum Gasteiger partial charge on any atom is -0.399 e. The van der Waals surface area contributed by atoms with Crippen LogP contribution in [-0.4, -0.2) is 33.9 Å². The van der Waals surface area contributed by atoms with Gasteiger partial charge in [0.05, 0.1) is 17.7 Å². The first-order valence-electron chi connectivity index (χ1n) is 6.65. The standard InChI is InChI=1S/C13H21BN2O3/c1-6-11(17)9-16-8-10(7-15-16)14-18-12(2,3)13(4,5)19-14/h7-8H,6,9H2,1-5H3. The molecule has 0 saturated carbocycles. The lowest BCUT2D eigenvalue weighted by atomic mass is 9.82. The largest absolute Gasteiger partial charge is 0.498 e. The summed E-state index contributed by atoms with van der Waals surface area (Å²) in [5.41, 5.74) is 0.125. The van der Waals surface area contributed by atoms with Crippen molar-refractivity contribution < 1.29 is 14.1 Å². The van der Waals surface area contributed by atoms with Gasteiger partial charge in [-0.05, 0) is 27.7 Å². The SMILES string of the molecule is CCC(=O)Cn1cc(B2OC(C)(C)C(C)(C)O2)cn1. The van der Waals surface area contributed by atoms with Gasteiger partial charge in [-0.25, -0.2) is 0 Å². The lowest BCUT2D eigenvalue weighted by Crippen LogP contribution is -2.41. The quantitative estimate of drug-likeness (QED) is 0.766. The average molecular weight is 264 g/mol. The van der Waals surface area contributed by atoms with E-state index in [1.165, 1.54) is 0 Å². The Balaban J connectivity index is 2.11. The van der Waals surface area contributed by atoms with Crippen LogP contribution in [0.25, 0.3) is 0 Å². The van der Waals surface area contributed by atoms with E-state index in [-0.39, 0.29) is 17.0 Å². The van der Waals surface area contributed by atoms with Gasteiger partial charge >= 0.3 is 7.12 Å². The first kappa shape index (κ1) is 14.3. The Hall–Kier alpha value is -1.14. The lowest BCUT2D eigenvalue weighted by Gasteiger charge is -2.32. The molecule has 2 rings (SSSR count). The summed E-state index contributed by atoms with van der Waals surface area (Å²) in [5, 5.41) is 4.18. The molecule has 1 aliphatic rings. The molecule has 0 aromatic carbocycles. The van der Waals surface area contributed by atoms with Crippen LogP contribution < -0.4 is 5.46 Å². The van der Waals surface area contributed by atoms with E-state index in [1.807, 2.05) is 40.8 Å². The van der Waals surface area contributed by atoms with Crippen LogP contribution in [0.5, 0.6) is 0 Å². The van der Waals surface area contributed by atoms with Crippen LogP contribution >= 0.6 is 0 Å². The van der Waals surface area contributed by atoms with E-state index in [4.69, 9.17) is 9.31 Å². The van der Waals surface area contributed by atoms with E-state index in [0.717, 1.165) is 5.46 Å². The molecule has 1 aliphatic heterocycles. The van der Waals surface area contributed by atoms with E-state index in [9.17, 15) is 4.79 Å². The summed E-state index contributed by atoms with van der Waals surface area (Å²) in [6.45, 7) is 10.2. The number of carbonyl (C=O) groups is 1. The van der Waals surface area contributed by atoms with Crippen LogP contribution in [0, 0.1) is 0 Å². The Morgan fingerprint density at radius 2 is 1.89 bits per heavy atom. The van der Waals surface area contributed by atoms with Gasteiger partial charge < -0.3 is 9.31 Å². The monoisotopic (exact) mass is 264 g/mol. The van der Waals surface area contributed by atoms with E-state index < -0.39 is 7.12 Å². The number of Topliss-reactive ketones (excluding diaryl/α,β-unsaturated/α-hetero) is 1. The zero-order valence-corrected chi connectivity index (χ0v) is 12.3. The van der Waals surface area contributed by atoms with E-state index >= 15 is 0 Å². The normalized spacial score (nSPS) is 20.8. The molecule has 0 aliphatic carbocycles. The summed E-state index contributed by atoms with van der Waals surface area (Å²) >= 11 is 0. The number of hydrogen-bond donors (Lipinski definition) is 0. The molecule has 2 heterocycles. The molecule has 0 radical (unpaired) electrons. The molecule has 0 N–H and O–H groups in total. The topological polar surface area (TPSA) is 53.4 Å². The molecule has 1 fully saturated rings. The fraction of sp³-hybridized carbons (Fsp3) is 0.692. The summed E-state index contributed by atoms with van der Waals surface area (Å²) in [5.74, 6) is 0.156. The number of nitrogens with zero attached hydrogens (tertiary/aromatic N) is 2. The molecular formula is C13H21BN2O3. The maximum absolute atomic E-state index is 11.4. The lowest BCUT2D eigenvalue weighted by molar-refractivity contribution is -0.119. The minimum atomic E-state index is -0.421. The van der Waals surface area contributed by atoms with Crippen molar-refractivity contribution in [1.29, 1.82) is 0 Å². The van der Waals surface area contributed by atoms with Gasteiger partial charge in [0, 0.05) is 24.3 Å². The van der Waals surface area contributed by atoms with E-state index in [0.29, 0.717) is 13.0 Å². The number of ketones is 1. The third-order valence-corrected chi connectivity index (χ3v) is 3.91. The predicted octanol–water partition coefficient (Wildman–Crippen LogP) is 1.16. The minimum absolute atomic E-state index is 0.156. The first-order valence-corrected chi connectivity index (χ1v) is 6.65. The van der Waals surface area contributed by atoms with Crippen LogP contribution in [-0.2, 0) is 20.6 Å². The third kappa shape index (κ3) is 2.74. The van der Waals surface area contributed by atoms with Gasteiger partial charge in [0.15, 0.2) is 5.78 Å². The molecule has 0 atom stereocenters. The van der Waals surface area contributed by atoms with Crippen LogP contribution in [0.2, 0.25) is 0 Å². The molecule has 1 saturated heterocycles. The number of rotatable bonds is 4. The van der Waals surface area contributed by atoms with Gasteiger partial charge in [0.2, 0.25) is 0 Å². The summed E-state index contributed by atoms with van der Waals surface area (Å²) in [7, 11) is -0.421. The molecule has 1 aromatic rings. The summed E-state index contributed by atoms with van der Waals surface area (Å²) in [4.78, 5) is 11.4. The Labute approximate surface area is 114 Å². The molecule has 6 heteroatoms. The summed E-state index contributed by atoms with van der Waals surface area (Å²) in [6, 6.07) is 0. The second-order valence-electron chi connectivity index (χ2n) is 5.95. The molecule has 0 unspecified atom stereocenters. The third-order valence-electron chi connectivity index (χ3n) is 3.91. The van der Waals surface area contributed by atoms with Crippen LogP contribution in [0.4, 0.5) is 0 Å². The second kappa shape index (κ2) is 4.76. The molecule has 1 aromatic heterocycles. The molecular weight excluding hydrogens is 243 g/mol. The van der Waals surface area contributed by atoms with Crippen molar-refractivity contribution >= 4 is 18.4 Å².